The predicted molar refractivity (Wildman–Crippen MR) is 77.5 cm³/mol. The third-order valence-electron chi connectivity index (χ3n) is 3.92. The summed E-state index contributed by atoms with van der Waals surface area (Å²) in [6.45, 7) is 0. The summed E-state index contributed by atoms with van der Waals surface area (Å²) in [6, 6.07) is 10.9. The first kappa shape index (κ1) is 12.3. The molecule has 19 heavy (non-hydrogen) atoms. The molecule has 0 amide bonds. The number of Topliss-reactive ketones (excluding diaryl/α,β-unsaturated/α-hetero) is 1. The second-order valence-corrected chi connectivity index (χ2v) is 5.43. The molecule has 0 spiro atoms. The fourth-order valence-electron chi connectivity index (χ4n) is 2.90. The molecule has 2 heteroatoms. The molecular weight excluding hydrogens is 234 g/mol. The zero-order valence-corrected chi connectivity index (χ0v) is 11.1. The van der Waals surface area contributed by atoms with E-state index in [2.05, 4.69) is 36.4 Å². The number of carbonyl (C=O) groups excluding carboxylic acids is 1. The molecule has 0 N–H and O–H groups in total. The van der Waals surface area contributed by atoms with Crippen LogP contribution in [0.4, 0.5) is 0 Å². The largest absolute Gasteiger partial charge is 0.299 e. The molecule has 1 heterocycles. The number of allylic oxidation sites excluding steroid dienone is 1. The van der Waals surface area contributed by atoms with Crippen LogP contribution in [0.1, 0.15) is 37.7 Å². The summed E-state index contributed by atoms with van der Waals surface area (Å²) in [7, 11) is 0. The van der Waals surface area contributed by atoms with Gasteiger partial charge in [-0.05, 0) is 36.8 Å². The van der Waals surface area contributed by atoms with Crippen LogP contribution in [0.3, 0.4) is 0 Å². The quantitative estimate of drug-likeness (QED) is 0.807. The van der Waals surface area contributed by atoms with Crippen LogP contribution in [0.5, 0.6) is 0 Å². The summed E-state index contributed by atoms with van der Waals surface area (Å²) in [5, 5.41) is 0. The molecule has 1 aliphatic carbocycles. The number of hydrogen-bond donors (Lipinski definition) is 0. The highest BCUT2D eigenvalue weighted by atomic mass is 16.1. The Hall–Kier alpha value is -1.70. The van der Waals surface area contributed by atoms with E-state index in [4.69, 9.17) is 4.99 Å². The number of benzene rings is 1. The van der Waals surface area contributed by atoms with Crippen LogP contribution in [0.15, 0.2) is 47.0 Å². The first-order valence-corrected chi connectivity index (χ1v) is 7.14. The van der Waals surface area contributed by atoms with E-state index in [0.717, 1.165) is 25.7 Å². The van der Waals surface area contributed by atoms with Crippen molar-refractivity contribution in [3.8, 4) is 0 Å². The van der Waals surface area contributed by atoms with Crippen molar-refractivity contribution in [1.82, 2.24) is 0 Å². The highest BCUT2D eigenvalue weighted by molar-refractivity contribution is 6.10. The van der Waals surface area contributed by atoms with Crippen molar-refractivity contribution in [1.29, 1.82) is 0 Å². The van der Waals surface area contributed by atoms with Crippen LogP contribution in [0, 0.1) is 0 Å². The number of hydrogen-bond acceptors (Lipinski definition) is 2. The van der Waals surface area contributed by atoms with Gasteiger partial charge in [0, 0.05) is 18.6 Å². The Morgan fingerprint density at radius 3 is 2.84 bits per heavy atom. The summed E-state index contributed by atoms with van der Waals surface area (Å²) in [5.74, 6) is 0.370. The summed E-state index contributed by atoms with van der Waals surface area (Å²) in [6.07, 6.45) is 7.75. The van der Waals surface area contributed by atoms with Crippen molar-refractivity contribution in [2.24, 2.45) is 4.99 Å². The van der Waals surface area contributed by atoms with Gasteiger partial charge in [0.05, 0.1) is 6.04 Å². The molecule has 0 aromatic heterocycles. The zero-order valence-electron chi connectivity index (χ0n) is 11.1. The van der Waals surface area contributed by atoms with Gasteiger partial charge in [0.2, 0.25) is 0 Å². The predicted octanol–water partition coefficient (Wildman–Crippen LogP) is 3.51. The molecule has 1 aromatic carbocycles. The van der Waals surface area contributed by atoms with Gasteiger partial charge in [-0.3, -0.25) is 9.79 Å². The van der Waals surface area contributed by atoms with Gasteiger partial charge in [0.1, 0.15) is 5.78 Å². The van der Waals surface area contributed by atoms with E-state index in [0.29, 0.717) is 24.7 Å². The van der Waals surface area contributed by atoms with Crippen molar-refractivity contribution in [2.75, 3.05) is 0 Å². The van der Waals surface area contributed by atoms with Crippen LogP contribution in [0.25, 0.3) is 0 Å². The van der Waals surface area contributed by atoms with Gasteiger partial charge < -0.3 is 0 Å². The number of rotatable bonds is 4. The lowest BCUT2D eigenvalue weighted by Gasteiger charge is -2.11. The minimum atomic E-state index is 0.319. The molecule has 0 radical (unpaired) electrons. The highest BCUT2D eigenvalue weighted by Crippen LogP contribution is 2.27. The van der Waals surface area contributed by atoms with Gasteiger partial charge in [0.25, 0.3) is 0 Å². The molecule has 1 atom stereocenters. The second-order valence-electron chi connectivity index (χ2n) is 5.43. The maximum Gasteiger partial charge on any atom is 0.137 e. The summed E-state index contributed by atoms with van der Waals surface area (Å²) >= 11 is 0. The maximum absolute atomic E-state index is 11.4. The fourth-order valence-corrected chi connectivity index (χ4v) is 2.90. The smallest absolute Gasteiger partial charge is 0.137 e. The Labute approximate surface area is 114 Å². The zero-order chi connectivity index (χ0) is 13.1. The summed E-state index contributed by atoms with van der Waals surface area (Å²) in [4.78, 5) is 16.2. The topological polar surface area (TPSA) is 29.4 Å². The average Bonchev–Trinajstić information content (AvgIpc) is 2.82. The lowest BCUT2D eigenvalue weighted by molar-refractivity contribution is -0.118. The van der Waals surface area contributed by atoms with Crippen LogP contribution >= 0.6 is 0 Å². The molecule has 98 valence electrons. The van der Waals surface area contributed by atoms with E-state index in [9.17, 15) is 4.79 Å². The van der Waals surface area contributed by atoms with Crippen molar-refractivity contribution >= 4 is 11.5 Å². The maximum atomic E-state index is 11.4. The van der Waals surface area contributed by atoms with Crippen molar-refractivity contribution < 1.29 is 4.79 Å². The number of ketones is 1. The minimum Gasteiger partial charge on any atom is -0.299 e. The molecule has 0 saturated heterocycles. The van der Waals surface area contributed by atoms with Gasteiger partial charge in [0.15, 0.2) is 0 Å². The van der Waals surface area contributed by atoms with Gasteiger partial charge in [-0.25, -0.2) is 0 Å². The van der Waals surface area contributed by atoms with Crippen LogP contribution in [-0.4, -0.2) is 17.5 Å². The molecule has 1 aliphatic heterocycles. The van der Waals surface area contributed by atoms with E-state index >= 15 is 0 Å². The molecule has 3 rings (SSSR count). The Morgan fingerprint density at radius 1 is 1.16 bits per heavy atom. The van der Waals surface area contributed by atoms with Crippen molar-refractivity contribution in [3.05, 3.63) is 47.5 Å². The van der Waals surface area contributed by atoms with Gasteiger partial charge in [-0.2, -0.15) is 0 Å². The summed E-state index contributed by atoms with van der Waals surface area (Å²) < 4.78 is 0. The third kappa shape index (κ3) is 3.01. The molecular formula is C17H19NO. The molecule has 1 fully saturated rings. The Bertz CT molecular complexity index is 527. The average molecular weight is 253 g/mol. The third-order valence-corrected chi connectivity index (χ3v) is 3.92. The van der Waals surface area contributed by atoms with Crippen LogP contribution in [0.2, 0.25) is 0 Å². The molecule has 2 aliphatic rings. The fraction of sp³-hybridized carbons (Fsp3) is 0.412. The number of carbonyl (C=O) groups is 1. The summed E-state index contributed by atoms with van der Waals surface area (Å²) in [5.41, 5.74) is 3.80. The monoisotopic (exact) mass is 253 g/mol. The SMILES string of the molecule is O=C1CCC2=NC(CCCc3ccccc3)C=C2C1. The molecule has 1 saturated carbocycles. The first-order chi connectivity index (χ1) is 9.31. The molecule has 2 nitrogen and oxygen atoms in total. The van der Waals surface area contributed by atoms with Crippen LogP contribution < -0.4 is 0 Å². The second kappa shape index (κ2) is 5.52. The van der Waals surface area contributed by atoms with E-state index in [1.165, 1.54) is 16.8 Å². The molecule has 0 bridgehead atoms. The van der Waals surface area contributed by atoms with Gasteiger partial charge in [-0.1, -0.05) is 36.4 Å². The molecule has 1 unspecified atom stereocenters. The lowest BCUT2D eigenvalue weighted by Crippen LogP contribution is -2.14. The van der Waals surface area contributed by atoms with E-state index < -0.39 is 0 Å². The minimum absolute atomic E-state index is 0.319. The Morgan fingerprint density at radius 2 is 2.00 bits per heavy atom. The van der Waals surface area contributed by atoms with Gasteiger partial charge in [-0.15, -0.1) is 0 Å². The van der Waals surface area contributed by atoms with Crippen molar-refractivity contribution in [3.63, 3.8) is 0 Å². The Kier molecular flexibility index (Phi) is 3.58. The van der Waals surface area contributed by atoms with Gasteiger partial charge >= 0.3 is 0 Å². The lowest BCUT2D eigenvalue weighted by atomic mass is 9.92. The number of aliphatic imine (C=N–C) groups is 1. The molecule has 1 aromatic rings. The Balaban J connectivity index is 1.52. The highest BCUT2D eigenvalue weighted by Gasteiger charge is 2.25. The van der Waals surface area contributed by atoms with Crippen molar-refractivity contribution in [2.45, 2.75) is 44.6 Å². The number of fused-ring (bicyclic) bond motifs is 1. The standard InChI is InChI=1S/C17H19NO/c19-16-9-10-17-14(12-16)11-15(18-17)8-4-7-13-5-2-1-3-6-13/h1-3,5-6,11,15H,4,7-10,12H2. The van der Waals surface area contributed by atoms with E-state index in [1.807, 2.05) is 0 Å². The first-order valence-electron chi connectivity index (χ1n) is 7.14. The van der Waals surface area contributed by atoms with E-state index in [-0.39, 0.29) is 0 Å². The normalized spacial score (nSPS) is 21.9. The number of nitrogens with zero attached hydrogens (tertiary/aromatic N) is 1. The van der Waals surface area contributed by atoms with Crippen LogP contribution in [-0.2, 0) is 11.2 Å². The number of aryl methyl sites for hydroxylation is 1. The van der Waals surface area contributed by atoms with E-state index in [1.54, 1.807) is 0 Å².